The van der Waals surface area contributed by atoms with Gasteiger partial charge in [0.05, 0.1) is 28.5 Å². The van der Waals surface area contributed by atoms with E-state index in [1.54, 1.807) is 0 Å². The van der Waals surface area contributed by atoms with Gasteiger partial charge >= 0.3 is 0 Å². The average molecular weight is 236 g/mol. The molecule has 0 aromatic heterocycles. The quantitative estimate of drug-likeness (QED) is 0.690. The van der Waals surface area contributed by atoms with Crippen molar-refractivity contribution in [3.05, 3.63) is 0 Å². The summed E-state index contributed by atoms with van der Waals surface area (Å²) in [6.45, 7) is 8.76. The Hall–Kier alpha value is -0.120. The van der Waals surface area contributed by atoms with Gasteiger partial charge < -0.3 is 14.6 Å². The van der Waals surface area contributed by atoms with Gasteiger partial charge in [0.15, 0.2) is 0 Å². The Balaban J connectivity index is 1.80. The fourth-order valence-electron chi connectivity index (χ4n) is 7.16. The van der Waals surface area contributed by atoms with Crippen LogP contribution in [-0.2, 0) is 9.47 Å². The fourth-order valence-corrected chi connectivity index (χ4v) is 7.16. The van der Waals surface area contributed by atoms with Crippen LogP contribution in [0, 0.1) is 23.7 Å². The van der Waals surface area contributed by atoms with Crippen molar-refractivity contribution in [1.29, 1.82) is 0 Å². The minimum Gasteiger partial charge on any atom is -0.392 e. The maximum absolute atomic E-state index is 10.7. The highest BCUT2D eigenvalue weighted by atomic mass is 16.6. The van der Waals surface area contributed by atoms with Crippen molar-refractivity contribution in [2.45, 2.75) is 62.6 Å². The average Bonchev–Trinajstić information content (AvgIpc) is 2.11. The summed E-state index contributed by atoms with van der Waals surface area (Å²) < 4.78 is 13.0. The van der Waals surface area contributed by atoms with Gasteiger partial charge in [0.2, 0.25) is 0 Å². The molecule has 6 aliphatic rings. The van der Waals surface area contributed by atoms with Crippen LogP contribution in [0.5, 0.6) is 0 Å². The first kappa shape index (κ1) is 9.76. The molecule has 3 heteroatoms. The van der Waals surface area contributed by atoms with Crippen LogP contribution in [0.1, 0.15) is 34.1 Å². The molecule has 17 heavy (non-hydrogen) atoms. The Morgan fingerprint density at radius 3 is 1.53 bits per heavy atom. The molecule has 8 bridgehead atoms. The Labute approximate surface area is 101 Å². The standard InChI is InChI=1S/C14H20O3/c1-11-6-5-7-13(3,16-11)10-8(15)9(11)12(6,2)17-14(7,10)4/h6-10,15H,5H2,1-4H3/t6?,7?,8?,9?,10?,11-,12-,13-,14+/m0/s1. The summed E-state index contributed by atoms with van der Waals surface area (Å²) in [6, 6.07) is 0. The molecule has 2 saturated carbocycles. The zero-order valence-corrected chi connectivity index (χ0v) is 10.9. The maximum Gasteiger partial charge on any atom is 0.0798 e. The zero-order valence-electron chi connectivity index (χ0n) is 10.9. The predicted octanol–water partition coefficient (Wildman–Crippen LogP) is 1.34. The monoisotopic (exact) mass is 236 g/mol. The normalized spacial score (nSPS) is 82.1. The second kappa shape index (κ2) is 2.00. The zero-order chi connectivity index (χ0) is 12.0. The van der Waals surface area contributed by atoms with Gasteiger partial charge in [-0.05, 0) is 34.1 Å². The lowest BCUT2D eigenvalue weighted by atomic mass is 9.30. The molecule has 4 aliphatic heterocycles. The van der Waals surface area contributed by atoms with Crippen molar-refractivity contribution in [1.82, 2.24) is 0 Å². The third-order valence-electron chi connectivity index (χ3n) is 7.27. The van der Waals surface area contributed by atoms with E-state index in [4.69, 9.17) is 9.47 Å². The molecule has 9 atom stereocenters. The van der Waals surface area contributed by atoms with Crippen molar-refractivity contribution in [3.63, 3.8) is 0 Å². The summed E-state index contributed by atoms with van der Waals surface area (Å²) in [5.74, 6) is 1.30. The van der Waals surface area contributed by atoms with Crippen LogP contribution < -0.4 is 0 Å². The first-order valence-corrected chi connectivity index (χ1v) is 6.87. The van der Waals surface area contributed by atoms with Gasteiger partial charge in [-0.1, -0.05) is 0 Å². The van der Waals surface area contributed by atoms with E-state index in [9.17, 15) is 5.11 Å². The second-order valence-electron chi connectivity index (χ2n) is 7.73. The molecule has 0 radical (unpaired) electrons. The summed E-state index contributed by atoms with van der Waals surface area (Å²) in [5, 5.41) is 10.7. The van der Waals surface area contributed by atoms with Crippen molar-refractivity contribution < 1.29 is 14.6 Å². The topological polar surface area (TPSA) is 38.7 Å². The number of rotatable bonds is 0. The van der Waals surface area contributed by atoms with E-state index in [1.807, 2.05) is 0 Å². The highest BCUT2D eigenvalue weighted by molar-refractivity contribution is 5.39. The van der Waals surface area contributed by atoms with Crippen LogP contribution >= 0.6 is 0 Å². The van der Waals surface area contributed by atoms with Gasteiger partial charge in [-0.3, -0.25) is 0 Å². The summed E-state index contributed by atoms with van der Waals surface area (Å²) in [7, 11) is 0. The smallest absolute Gasteiger partial charge is 0.0798 e. The summed E-state index contributed by atoms with van der Waals surface area (Å²) >= 11 is 0. The van der Waals surface area contributed by atoms with E-state index >= 15 is 0 Å². The molecular formula is C14H20O3. The lowest BCUT2D eigenvalue weighted by Gasteiger charge is -2.89. The number of hydrogen-bond acceptors (Lipinski definition) is 3. The molecule has 4 heterocycles. The van der Waals surface area contributed by atoms with Crippen LogP contribution in [0.15, 0.2) is 0 Å². The van der Waals surface area contributed by atoms with E-state index in [0.717, 1.165) is 0 Å². The first-order chi connectivity index (χ1) is 7.78. The largest absolute Gasteiger partial charge is 0.392 e. The van der Waals surface area contributed by atoms with Crippen LogP contribution in [0.2, 0.25) is 0 Å². The summed E-state index contributed by atoms with van der Waals surface area (Å²) in [4.78, 5) is 0. The molecule has 3 nitrogen and oxygen atoms in total. The Morgan fingerprint density at radius 1 is 0.824 bits per heavy atom. The van der Waals surface area contributed by atoms with Crippen molar-refractivity contribution in [2.24, 2.45) is 23.7 Å². The molecule has 0 aromatic carbocycles. The van der Waals surface area contributed by atoms with Gasteiger partial charge in [0.1, 0.15) is 0 Å². The summed E-state index contributed by atoms with van der Waals surface area (Å²) in [5.41, 5.74) is -0.565. The highest BCUT2D eigenvalue weighted by Crippen LogP contribution is 2.82. The lowest BCUT2D eigenvalue weighted by Crippen LogP contribution is -2.99. The molecule has 0 aromatic rings. The SMILES string of the molecule is C[C@]12O[C@@]3(C)C4CC1[C@]1(C)O[C@@]4(C)C3C(O)C21. The molecule has 2 aliphatic carbocycles. The van der Waals surface area contributed by atoms with Crippen molar-refractivity contribution in [3.8, 4) is 0 Å². The fraction of sp³-hybridized carbons (Fsp3) is 1.00. The van der Waals surface area contributed by atoms with Crippen molar-refractivity contribution in [2.75, 3.05) is 0 Å². The first-order valence-electron chi connectivity index (χ1n) is 6.87. The number of ether oxygens (including phenoxy) is 2. The molecule has 5 unspecified atom stereocenters. The molecule has 4 saturated heterocycles. The van der Waals surface area contributed by atoms with Crippen LogP contribution in [0.3, 0.4) is 0 Å². The van der Waals surface area contributed by atoms with Gasteiger partial charge in [0.25, 0.3) is 0 Å². The van der Waals surface area contributed by atoms with E-state index < -0.39 is 0 Å². The van der Waals surface area contributed by atoms with Crippen LogP contribution in [0.25, 0.3) is 0 Å². The molecule has 0 amide bonds. The minimum atomic E-state index is -0.240. The Bertz CT molecular complexity index is 392. The highest BCUT2D eigenvalue weighted by Gasteiger charge is 2.91. The number of hydrogen-bond donors (Lipinski definition) is 1. The third-order valence-corrected chi connectivity index (χ3v) is 7.27. The molecule has 0 spiro atoms. The van der Waals surface area contributed by atoms with Crippen LogP contribution in [-0.4, -0.2) is 33.6 Å². The molecule has 6 rings (SSSR count). The maximum atomic E-state index is 10.7. The van der Waals surface area contributed by atoms with Gasteiger partial charge in [-0.2, -0.15) is 0 Å². The van der Waals surface area contributed by atoms with Crippen molar-refractivity contribution >= 4 is 0 Å². The Kier molecular flexibility index (Phi) is 1.15. The van der Waals surface area contributed by atoms with E-state index in [2.05, 4.69) is 27.7 Å². The minimum absolute atomic E-state index is 0.141. The van der Waals surface area contributed by atoms with Crippen LogP contribution in [0.4, 0.5) is 0 Å². The second-order valence-corrected chi connectivity index (χ2v) is 7.73. The molecule has 94 valence electrons. The third kappa shape index (κ3) is 0.592. The van der Waals surface area contributed by atoms with Gasteiger partial charge in [0, 0.05) is 23.7 Å². The molecular weight excluding hydrogens is 216 g/mol. The lowest BCUT2D eigenvalue weighted by molar-refractivity contribution is -0.561. The van der Waals surface area contributed by atoms with E-state index in [0.29, 0.717) is 11.8 Å². The van der Waals surface area contributed by atoms with Gasteiger partial charge in [-0.15, -0.1) is 0 Å². The number of aliphatic hydroxyl groups excluding tert-OH is 1. The summed E-state index contributed by atoms with van der Waals surface area (Å²) in [6.07, 6.45) is 0.981. The molecule has 1 N–H and O–H groups in total. The van der Waals surface area contributed by atoms with E-state index in [-0.39, 0.29) is 40.3 Å². The van der Waals surface area contributed by atoms with E-state index in [1.165, 1.54) is 6.42 Å². The Morgan fingerprint density at radius 2 is 1.18 bits per heavy atom. The van der Waals surface area contributed by atoms with Gasteiger partial charge in [-0.25, -0.2) is 0 Å². The predicted molar refractivity (Wildman–Crippen MR) is 60.4 cm³/mol. The molecule has 6 fully saturated rings. The number of aliphatic hydroxyl groups is 1.